The summed E-state index contributed by atoms with van der Waals surface area (Å²) >= 11 is 3.23. The van der Waals surface area contributed by atoms with E-state index in [0.29, 0.717) is 4.47 Å². The highest BCUT2D eigenvalue weighted by atomic mass is 79.9. The molecule has 2 rings (SSSR count). The zero-order valence-corrected chi connectivity index (χ0v) is 19.9. The van der Waals surface area contributed by atoms with Crippen molar-refractivity contribution in [1.82, 2.24) is 0 Å². The third-order valence-corrected chi connectivity index (χ3v) is 16.3. The molecule has 1 aromatic rings. The minimum absolute atomic E-state index is 0.257. The molecular formula is C20H27BrO9S. The fourth-order valence-electron chi connectivity index (χ4n) is 5.01. The van der Waals surface area contributed by atoms with E-state index in [1.165, 1.54) is 24.3 Å². The van der Waals surface area contributed by atoms with Gasteiger partial charge in [0, 0.05) is 37.1 Å². The summed E-state index contributed by atoms with van der Waals surface area (Å²) in [4.78, 5) is 54.7. The van der Waals surface area contributed by atoms with E-state index >= 15 is 0 Å². The Labute approximate surface area is 186 Å². The van der Waals surface area contributed by atoms with Crippen LogP contribution in [0, 0.1) is 0 Å². The molecule has 5 atom stereocenters. The van der Waals surface area contributed by atoms with E-state index in [1.54, 1.807) is 0 Å². The number of hydrogen-bond acceptors (Lipinski definition) is 9. The third-order valence-electron chi connectivity index (χ3n) is 6.81. The Hall–Kier alpha value is -1.47. The van der Waals surface area contributed by atoms with E-state index in [4.69, 9.17) is 4.74 Å². The normalized spacial score (nSPS) is 28.9. The van der Waals surface area contributed by atoms with Gasteiger partial charge in [0.05, 0.1) is 6.61 Å². The maximum atomic E-state index is 13.7. The van der Waals surface area contributed by atoms with Gasteiger partial charge in [-0.3, -0.25) is 19.2 Å². The maximum absolute atomic E-state index is 13.7. The van der Waals surface area contributed by atoms with Gasteiger partial charge in [-0.2, -0.15) is 0 Å². The van der Waals surface area contributed by atoms with Crippen molar-refractivity contribution in [3.8, 4) is 0 Å². The first kappa shape index (κ1) is 25.8. The van der Waals surface area contributed by atoms with Gasteiger partial charge < -0.3 is 25.2 Å². The van der Waals surface area contributed by atoms with Crippen molar-refractivity contribution < 1.29 is 44.3 Å². The second-order valence-electron chi connectivity index (χ2n) is 7.73. The van der Waals surface area contributed by atoms with Gasteiger partial charge in [0.2, 0.25) is 0 Å². The smallest absolute Gasteiger partial charge is 0.179 e. The Morgan fingerprint density at radius 1 is 0.839 bits per heavy atom. The molecule has 11 heteroatoms. The molecule has 0 spiro atoms. The summed E-state index contributed by atoms with van der Waals surface area (Å²) in [5.41, 5.74) is -2.17. The van der Waals surface area contributed by atoms with Crippen molar-refractivity contribution in [2.45, 2.75) is 62.4 Å². The van der Waals surface area contributed by atoms with Crippen molar-refractivity contribution in [1.29, 1.82) is 0 Å². The van der Waals surface area contributed by atoms with E-state index in [0.717, 1.165) is 27.7 Å². The molecule has 1 aliphatic rings. The Kier molecular flexibility index (Phi) is 6.52. The van der Waals surface area contributed by atoms with Crippen LogP contribution >= 0.6 is 24.2 Å². The highest BCUT2D eigenvalue weighted by molar-refractivity contribution is 9.10. The third kappa shape index (κ3) is 2.45. The van der Waals surface area contributed by atoms with Crippen LogP contribution in [0.3, 0.4) is 0 Å². The summed E-state index contributed by atoms with van der Waals surface area (Å²) in [7, 11) is -6.34. The molecule has 0 saturated carbocycles. The predicted octanol–water partition coefficient (Wildman–Crippen LogP) is 0.670. The van der Waals surface area contributed by atoms with Gasteiger partial charge in [0.1, 0.15) is 29.9 Å². The minimum Gasteiger partial charge on any atom is -0.394 e. The Bertz CT molecular complexity index is 884. The zero-order chi connectivity index (χ0) is 24.0. The first-order chi connectivity index (χ1) is 14.2. The summed E-state index contributed by atoms with van der Waals surface area (Å²) in [5, 5.41) is 36.9. The van der Waals surface area contributed by atoms with Crippen LogP contribution in [0.25, 0.3) is 0 Å². The van der Waals surface area contributed by atoms with E-state index in [1.807, 2.05) is 0 Å². The number of aliphatic hydroxyl groups is 4. The van der Waals surface area contributed by atoms with Crippen LogP contribution in [0.15, 0.2) is 33.6 Å². The second-order valence-corrected chi connectivity index (χ2v) is 15.1. The van der Waals surface area contributed by atoms with Gasteiger partial charge in [-0.05, 0) is 32.6 Å². The van der Waals surface area contributed by atoms with E-state index < -0.39 is 65.2 Å². The van der Waals surface area contributed by atoms with Crippen molar-refractivity contribution in [3.63, 3.8) is 0 Å². The van der Waals surface area contributed by atoms with Crippen LogP contribution in [0.2, 0.25) is 0 Å². The number of hydrogen-bond donors (Lipinski definition) is 4. The lowest BCUT2D eigenvalue weighted by Crippen LogP contribution is -2.73. The monoisotopic (exact) mass is 522 g/mol. The number of carbonyl (C=O) groups is 4. The lowest BCUT2D eigenvalue weighted by atomic mass is 10.0. The topological polar surface area (TPSA) is 158 Å². The lowest BCUT2D eigenvalue weighted by molar-refractivity contribution is -0.208. The predicted molar refractivity (Wildman–Crippen MR) is 116 cm³/mol. The summed E-state index contributed by atoms with van der Waals surface area (Å²) in [5.74, 6) is 0. The largest absolute Gasteiger partial charge is 0.394 e. The molecule has 0 amide bonds. The molecule has 4 N–H and O–H groups in total. The van der Waals surface area contributed by atoms with Crippen molar-refractivity contribution in [2.24, 2.45) is 0 Å². The van der Waals surface area contributed by atoms with Crippen LogP contribution in [0.5, 0.6) is 0 Å². The van der Waals surface area contributed by atoms with Gasteiger partial charge in [0.25, 0.3) is 0 Å². The number of halogens is 1. The van der Waals surface area contributed by atoms with Crippen molar-refractivity contribution >= 4 is 44.7 Å². The molecule has 0 unspecified atom stereocenters. The fourth-order valence-corrected chi connectivity index (χ4v) is 12.7. The van der Waals surface area contributed by atoms with E-state index in [2.05, 4.69) is 15.9 Å². The summed E-state index contributed by atoms with van der Waals surface area (Å²) < 4.78 is 6.20. The second kappa shape index (κ2) is 7.84. The molecule has 1 aliphatic heterocycles. The average Bonchev–Trinajstić information content (AvgIpc) is 2.69. The maximum Gasteiger partial charge on any atom is 0.179 e. The van der Waals surface area contributed by atoms with Gasteiger partial charge in [0.15, 0.2) is 20.5 Å². The molecule has 1 saturated heterocycles. The van der Waals surface area contributed by atoms with E-state index in [-0.39, 0.29) is 4.90 Å². The SMILES string of the molecule is CC(=O)S(C(C)=O)(C(C)=O)(C(C)=O)(c1ccc(Br)cc1)[C@@H]1O[C@H](CO)[C@H](O)[C@H](O)[C@H]1O. The summed E-state index contributed by atoms with van der Waals surface area (Å²) in [6.45, 7) is 2.77. The zero-order valence-electron chi connectivity index (χ0n) is 17.5. The van der Waals surface area contributed by atoms with Crippen LogP contribution in [0.1, 0.15) is 27.7 Å². The molecule has 0 aliphatic carbocycles. The van der Waals surface area contributed by atoms with Crippen molar-refractivity contribution in [3.05, 3.63) is 28.7 Å². The molecule has 174 valence electrons. The standard InChI is InChI=1S/C20H27BrO9S/c1-10(23)31(11(2)24,12(3)25,13(4)26,15-7-5-14(21)6-8-15)20-19(29)18(28)17(27)16(9-22)30-20/h5-8,16-20,22,27-29H,9H2,1-4H3/t16-,17+,18+,19-,20+/m1/s1. The molecule has 9 nitrogen and oxygen atoms in total. The van der Waals surface area contributed by atoms with Crippen molar-refractivity contribution in [2.75, 3.05) is 6.61 Å². The first-order valence-corrected chi connectivity index (χ1v) is 12.7. The highest BCUT2D eigenvalue weighted by Crippen LogP contribution is 2.98. The molecule has 1 fully saturated rings. The van der Waals surface area contributed by atoms with Gasteiger partial charge in [-0.25, -0.2) is 0 Å². The van der Waals surface area contributed by atoms with Crippen LogP contribution in [-0.2, 0) is 23.9 Å². The average molecular weight is 523 g/mol. The Morgan fingerprint density at radius 3 is 1.61 bits per heavy atom. The Morgan fingerprint density at radius 2 is 1.26 bits per heavy atom. The van der Waals surface area contributed by atoms with E-state index in [9.17, 15) is 39.6 Å². The van der Waals surface area contributed by atoms with Crippen LogP contribution in [-0.4, -0.2) is 77.3 Å². The quantitative estimate of drug-likeness (QED) is 0.447. The molecule has 0 radical (unpaired) electrons. The summed E-state index contributed by atoms with van der Waals surface area (Å²) in [6.07, 6.45) is -7.56. The minimum atomic E-state index is -6.34. The number of benzene rings is 1. The number of aliphatic hydroxyl groups excluding tert-OH is 4. The fraction of sp³-hybridized carbons (Fsp3) is 0.500. The van der Waals surface area contributed by atoms with Gasteiger partial charge in [-0.1, -0.05) is 15.9 Å². The number of rotatable bonds is 3. The molecule has 1 heterocycles. The first-order valence-electron chi connectivity index (χ1n) is 9.39. The Balaban J connectivity index is 3.30. The molecular weight excluding hydrogens is 496 g/mol. The molecule has 0 aromatic heterocycles. The number of carbonyl (C=O) groups excluding carboxylic acids is 4. The molecule has 31 heavy (non-hydrogen) atoms. The van der Waals surface area contributed by atoms with Crippen LogP contribution in [0.4, 0.5) is 0 Å². The molecule has 1 aromatic carbocycles. The summed E-state index contributed by atoms with van der Waals surface area (Å²) in [6, 6.07) is 5.38. The number of ether oxygens (including phenoxy) is 1. The van der Waals surface area contributed by atoms with Gasteiger partial charge in [-0.15, -0.1) is 0 Å². The molecule has 0 bridgehead atoms. The lowest BCUT2D eigenvalue weighted by Gasteiger charge is -2.75. The van der Waals surface area contributed by atoms with Crippen LogP contribution < -0.4 is 0 Å². The highest BCUT2D eigenvalue weighted by Gasteiger charge is 2.85. The van der Waals surface area contributed by atoms with Gasteiger partial charge >= 0.3 is 0 Å².